The molecule has 0 radical (unpaired) electrons. The van der Waals surface area contributed by atoms with Gasteiger partial charge in [-0.25, -0.2) is 9.78 Å². The van der Waals surface area contributed by atoms with Crippen molar-refractivity contribution in [3.05, 3.63) is 27.2 Å². The molecule has 0 fully saturated rings. The summed E-state index contributed by atoms with van der Waals surface area (Å²) >= 11 is 0. The summed E-state index contributed by atoms with van der Waals surface area (Å²) in [6, 6.07) is 0. The maximum absolute atomic E-state index is 13.0. The number of nitrogens with zero attached hydrogens (tertiary/aromatic N) is 5. The van der Waals surface area contributed by atoms with Crippen LogP contribution in [-0.2, 0) is 20.1 Å². The minimum Gasteiger partial charge on any atom is -0.378 e. The molecule has 0 amide bonds. The molecule has 8 nitrogen and oxygen atoms in total. The van der Waals surface area contributed by atoms with Crippen LogP contribution < -0.4 is 11.2 Å². The van der Waals surface area contributed by atoms with Crippen molar-refractivity contribution in [1.82, 2.24) is 23.6 Å². The molecule has 178 valence electrons. The van der Waals surface area contributed by atoms with Crippen molar-refractivity contribution >= 4 is 11.2 Å². The third-order valence-corrected chi connectivity index (χ3v) is 5.70. The zero-order chi connectivity index (χ0) is 23.7. The van der Waals surface area contributed by atoms with Gasteiger partial charge in [0.1, 0.15) is 5.60 Å². The van der Waals surface area contributed by atoms with Crippen molar-refractivity contribution in [1.29, 1.82) is 0 Å². The number of aryl methyl sites for hydroxylation is 2. The Kier molecular flexibility index (Phi) is 9.73. The molecule has 0 aliphatic rings. The maximum atomic E-state index is 13.0. The smallest absolute Gasteiger partial charge is 0.332 e. The number of imidazole rings is 1. The molecule has 1 unspecified atom stereocenters. The van der Waals surface area contributed by atoms with Crippen LogP contribution >= 0.6 is 0 Å². The first-order valence-electron chi connectivity index (χ1n) is 11.8. The minimum absolute atomic E-state index is 0.0931. The average molecular weight is 446 g/mol. The van der Waals surface area contributed by atoms with Gasteiger partial charge in [-0.2, -0.15) is 0 Å². The van der Waals surface area contributed by atoms with Crippen LogP contribution in [0.3, 0.4) is 0 Å². The van der Waals surface area contributed by atoms with E-state index in [0.29, 0.717) is 24.3 Å². The molecule has 2 aromatic rings. The highest BCUT2D eigenvalue weighted by atomic mass is 16.3. The summed E-state index contributed by atoms with van der Waals surface area (Å²) in [5.74, 6) is 6.06. The topological polar surface area (TPSA) is 85.3 Å². The van der Waals surface area contributed by atoms with E-state index in [9.17, 15) is 14.7 Å². The van der Waals surface area contributed by atoms with E-state index in [0.717, 1.165) is 45.2 Å². The lowest BCUT2D eigenvalue weighted by Crippen LogP contribution is -2.41. The average Bonchev–Trinajstić information content (AvgIpc) is 3.18. The molecule has 0 aromatic carbocycles. The number of aliphatic hydroxyl groups is 1. The van der Waals surface area contributed by atoms with Gasteiger partial charge in [0.15, 0.2) is 11.2 Å². The molecule has 1 atom stereocenters. The summed E-state index contributed by atoms with van der Waals surface area (Å²) in [6.45, 7) is 11.4. The second kappa shape index (κ2) is 12.0. The van der Waals surface area contributed by atoms with Gasteiger partial charge in [-0.1, -0.05) is 45.5 Å². The summed E-state index contributed by atoms with van der Waals surface area (Å²) in [7, 11) is 1.61. The second-order valence-corrected chi connectivity index (χ2v) is 8.72. The van der Waals surface area contributed by atoms with E-state index >= 15 is 0 Å². The van der Waals surface area contributed by atoms with Crippen LogP contribution in [0.25, 0.3) is 11.2 Å². The lowest BCUT2D eigenvalue weighted by molar-refractivity contribution is 0.105. The van der Waals surface area contributed by atoms with Crippen LogP contribution in [0.4, 0.5) is 0 Å². The van der Waals surface area contributed by atoms with Crippen molar-refractivity contribution in [2.24, 2.45) is 7.05 Å². The zero-order valence-electron chi connectivity index (χ0n) is 20.4. The third kappa shape index (κ3) is 6.57. The summed E-state index contributed by atoms with van der Waals surface area (Å²) in [5, 5.41) is 10.8. The molecule has 0 bridgehead atoms. The summed E-state index contributed by atoms with van der Waals surface area (Å²) in [5.41, 5.74) is -1.29. The van der Waals surface area contributed by atoms with Crippen LogP contribution in [-0.4, -0.2) is 53.9 Å². The van der Waals surface area contributed by atoms with Crippen LogP contribution in [0.2, 0.25) is 0 Å². The first-order chi connectivity index (χ1) is 15.3. The highest BCUT2D eigenvalue weighted by Gasteiger charge is 2.21. The zero-order valence-corrected chi connectivity index (χ0v) is 20.4. The van der Waals surface area contributed by atoms with Gasteiger partial charge in [-0.3, -0.25) is 18.8 Å². The summed E-state index contributed by atoms with van der Waals surface area (Å²) in [6.07, 6.45) is 7.18. The Bertz CT molecular complexity index is 1040. The summed E-state index contributed by atoms with van der Waals surface area (Å²) in [4.78, 5) is 32.4. The third-order valence-electron chi connectivity index (χ3n) is 5.70. The van der Waals surface area contributed by atoms with Crippen molar-refractivity contribution in [2.75, 3.05) is 19.6 Å². The normalized spacial score (nSPS) is 13.3. The number of rotatable bonds is 12. The summed E-state index contributed by atoms with van der Waals surface area (Å²) < 4.78 is 4.36. The van der Waals surface area contributed by atoms with Crippen molar-refractivity contribution in [3.8, 4) is 11.8 Å². The molecule has 0 saturated carbocycles. The fourth-order valence-electron chi connectivity index (χ4n) is 3.70. The molecule has 32 heavy (non-hydrogen) atoms. The SMILES string of the molecule is CCCCN(CC#CC(C)(O)CCn1c(=O)c2c(ncn2CCC)n(C)c1=O)CCCC. The van der Waals surface area contributed by atoms with E-state index in [1.165, 1.54) is 9.13 Å². The Labute approximate surface area is 190 Å². The monoisotopic (exact) mass is 445 g/mol. The molecule has 0 saturated heterocycles. The molecule has 8 heteroatoms. The standard InChI is InChI=1S/C24H39N5O3/c1-6-9-15-27(16-10-7-2)17-11-12-24(4,32)13-18-29-22(30)20-21(26(5)23(29)31)25-19-28(20)14-8-3/h19,32H,6-10,13-18H2,1-5H3. The van der Waals surface area contributed by atoms with Gasteiger partial charge in [0.2, 0.25) is 0 Å². The van der Waals surface area contributed by atoms with Gasteiger partial charge in [0.05, 0.1) is 12.9 Å². The highest BCUT2D eigenvalue weighted by Crippen LogP contribution is 2.10. The molecule has 1 N–H and O–H groups in total. The van der Waals surface area contributed by atoms with E-state index in [1.54, 1.807) is 24.9 Å². The van der Waals surface area contributed by atoms with E-state index in [1.807, 2.05) is 6.92 Å². The Morgan fingerprint density at radius 3 is 2.34 bits per heavy atom. The first-order valence-corrected chi connectivity index (χ1v) is 11.8. The van der Waals surface area contributed by atoms with E-state index < -0.39 is 11.3 Å². The second-order valence-electron chi connectivity index (χ2n) is 8.72. The molecular formula is C24H39N5O3. The van der Waals surface area contributed by atoms with E-state index in [2.05, 4.69) is 35.6 Å². The molecule has 0 aliphatic carbocycles. The largest absolute Gasteiger partial charge is 0.378 e. The first kappa shape index (κ1) is 25.9. The quantitative estimate of drug-likeness (QED) is 0.507. The molecule has 0 aliphatic heterocycles. The van der Waals surface area contributed by atoms with E-state index in [4.69, 9.17) is 0 Å². The molecule has 0 spiro atoms. The predicted molar refractivity (Wildman–Crippen MR) is 129 cm³/mol. The maximum Gasteiger partial charge on any atom is 0.332 e. The molecule has 2 heterocycles. The number of aromatic nitrogens is 4. The lowest BCUT2D eigenvalue weighted by Gasteiger charge is -2.20. The van der Waals surface area contributed by atoms with Gasteiger partial charge in [0, 0.05) is 26.6 Å². The van der Waals surface area contributed by atoms with Gasteiger partial charge >= 0.3 is 5.69 Å². The molecule has 2 aromatic heterocycles. The molecular weight excluding hydrogens is 406 g/mol. The van der Waals surface area contributed by atoms with Crippen molar-refractivity contribution in [3.63, 3.8) is 0 Å². The number of hydrogen-bond acceptors (Lipinski definition) is 5. The number of hydrogen-bond donors (Lipinski definition) is 1. The number of fused-ring (bicyclic) bond motifs is 1. The lowest BCUT2D eigenvalue weighted by atomic mass is 10.0. The van der Waals surface area contributed by atoms with Gasteiger partial charge in [-0.15, -0.1) is 0 Å². The predicted octanol–water partition coefficient (Wildman–Crippen LogP) is 2.35. The highest BCUT2D eigenvalue weighted by molar-refractivity contribution is 5.69. The fourth-order valence-corrected chi connectivity index (χ4v) is 3.70. The fraction of sp³-hybridized carbons (Fsp3) is 0.708. The van der Waals surface area contributed by atoms with Crippen molar-refractivity contribution < 1.29 is 5.11 Å². The van der Waals surface area contributed by atoms with Crippen LogP contribution in [0.1, 0.15) is 66.2 Å². The van der Waals surface area contributed by atoms with Crippen LogP contribution in [0.15, 0.2) is 15.9 Å². The van der Waals surface area contributed by atoms with Crippen LogP contribution in [0, 0.1) is 11.8 Å². The minimum atomic E-state index is -1.29. The van der Waals surface area contributed by atoms with Gasteiger partial charge in [-0.05, 0) is 39.3 Å². The number of unbranched alkanes of at least 4 members (excludes halogenated alkanes) is 2. The molecule has 2 rings (SSSR count). The van der Waals surface area contributed by atoms with Crippen molar-refractivity contribution in [2.45, 2.75) is 84.9 Å². The Balaban J connectivity index is 2.17. The Morgan fingerprint density at radius 2 is 1.75 bits per heavy atom. The Hall–Kier alpha value is -2.37. The van der Waals surface area contributed by atoms with Gasteiger partial charge < -0.3 is 9.67 Å². The van der Waals surface area contributed by atoms with E-state index in [-0.39, 0.29) is 18.5 Å². The van der Waals surface area contributed by atoms with Gasteiger partial charge in [0.25, 0.3) is 5.56 Å². The van der Waals surface area contributed by atoms with Crippen LogP contribution in [0.5, 0.6) is 0 Å². The Morgan fingerprint density at radius 1 is 1.09 bits per heavy atom.